The first-order chi connectivity index (χ1) is 11.2. The number of carbonyl (C=O) groups is 3. The van der Waals surface area contributed by atoms with E-state index in [1.807, 2.05) is 5.32 Å². The predicted molar refractivity (Wildman–Crippen MR) is 73.4 cm³/mol. The van der Waals surface area contributed by atoms with Crippen molar-refractivity contribution in [3.63, 3.8) is 0 Å². The van der Waals surface area contributed by atoms with Gasteiger partial charge in [0, 0.05) is 6.54 Å². The number of rotatable bonds is 6. The molecule has 0 spiro atoms. The lowest BCUT2D eigenvalue weighted by atomic mass is 10.2. The van der Waals surface area contributed by atoms with E-state index < -0.39 is 30.8 Å². The summed E-state index contributed by atoms with van der Waals surface area (Å²) in [5.41, 5.74) is 0.270. The van der Waals surface area contributed by atoms with Crippen molar-refractivity contribution in [2.75, 3.05) is 20.3 Å². The summed E-state index contributed by atoms with van der Waals surface area (Å²) in [6.07, 6.45) is -6.19. The van der Waals surface area contributed by atoms with Crippen molar-refractivity contribution in [2.24, 2.45) is 0 Å². The maximum absolute atomic E-state index is 11.8. The number of halogens is 3. The molecule has 0 saturated heterocycles. The smallest absolute Gasteiger partial charge is 0.422 e. The quantitative estimate of drug-likeness (QED) is 0.624. The Morgan fingerprint density at radius 3 is 2.29 bits per heavy atom. The number of benzene rings is 1. The van der Waals surface area contributed by atoms with Crippen LogP contribution in [0.1, 0.15) is 16.8 Å². The monoisotopic (exact) mass is 349 g/mol. The van der Waals surface area contributed by atoms with E-state index in [0.29, 0.717) is 0 Å². The predicted octanol–water partition coefficient (Wildman–Crippen LogP) is 2.06. The average molecular weight is 349 g/mol. The Morgan fingerprint density at radius 1 is 1.12 bits per heavy atom. The number of hydrogen-bond acceptors (Lipinski definition) is 6. The van der Waals surface area contributed by atoms with E-state index in [1.54, 1.807) is 0 Å². The Hall–Kier alpha value is -2.78. The van der Waals surface area contributed by atoms with Crippen LogP contribution in [0.5, 0.6) is 5.75 Å². The molecule has 1 amide bonds. The highest BCUT2D eigenvalue weighted by atomic mass is 19.4. The SMILES string of the molecule is COC(=O)c1ccc(OC(=O)CCNC(=O)OCC(F)(F)F)cc1. The molecule has 0 aliphatic carbocycles. The van der Waals surface area contributed by atoms with Gasteiger partial charge in [0.1, 0.15) is 5.75 Å². The van der Waals surface area contributed by atoms with Gasteiger partial charge in [0.05, 0.1) is 19.1 Å². The van der Waals surface area contributed by atoms with Gasteiger partial charge in [-0.25, -0.2) is 9.59 Å². The zero-order valence-electron chi connectivity index (χ0n) is 12.5. The molecule has 0 bridgehead atoms. The van der Waals surface area contributed by atoms with Crippen molar-refractivity contribution in [3.05, 3.63) is 29.8 Å². The zero-order chi connectivity index (χ0) is 18.2. The fourth-order valence-corrected chi connectivity index (χ4v) is 1.42. The second kappa shape index (κ2) is 8.75. The van der Waals surface area contributed by atoms with Crippen LogP contribution in [0.4, 0.5) is 18.0 Å². The van der Waals surface area contributed by atoms with E-state index in [2.05, 4.69) is 9.47 Å². The zero-order valence-corrected chi connectivity index (χ0v) is 12.5. The fraction of sp³-hybridized carbons (Fsp3) is 0.357. The summed E-state index contributed by atoms with van der Waals surface area (Å²) in [7, 11) is 1.23. The van der Waals surface area contributed by atoms with Gasteiger partial charge in [-0.15, -0.1) is 0 Å². The van der Waals surface area contributed by atoms with E-state index in [4.69, 9.17) is 4.74 Å². The van der Waals surface area contributed by atoms with Crippen molar-refractivity contribution in [3.8, 4) is 5.75 Å². The molecule has 24 heavy (non-hydrogen) atoms. The molecule has 10 heteroatoms. The van der Waals surface area contributed by atoms with Gasteiger partial charge in [0.15, 0.2) is 6.61 Å². The summed E-state index contributed by atoms with van der Waals surface area (Å²) in [6.45, 7) is -1.97. The van der Waals surface area contributed by atoms with E-state index in [9.17, 15) is 27.6 Å². The summed E-state index contributed by atoms with van der Waals surface area (Å²) in [5.74, 6) is -1.11. The molecular weight excluding hydrogens is 335 g/mol. The van der Waals surface area contributed by atoms with Gasteiger partial charge >= 0.3 is 24.2 Å². The maximum Gasteiger partial charge on any atom is 0.422 e. The van der Waals surface area contributed by atoms with E-state index >= 15 is 0 Å². The highest BCUT2D eigenvalue weighted by Gasteiger charge is 2.29. The van der Waals surface area contributed by atoms with Crippen LogP contribution in [-0.4, -0.2) is 44.5 Å². The van der Waals surface area contributed by atoms with Gasteiger partial charge in [0.2, 0.25) is 0 Å². The van der Waals surface area contributed by atoms with Gasteiger partial charge < -0.3 is 19.5 Å². The molecule has 0 saturated carbocycles. The number of methoxy groups -OCH3 is 1. The molecule has 0 aliphatic heterocycles. The second-order valence-corrected chi connectivity index (χ2v) is 4.36. The Bertz CT molecular complexity index is 585. The van der Waals surface area contributed by atoms with Gasteiger partial charge in [-0.1, -0.05) is 0 Å². The van der Waals surface area contributed by atoms with Gasteiger partial charge in [-0.05, 0) is 24.3 Å². The van der Waals surface area contributed by atoms with Crippen molar-refractivity contribution < 1.29 is 41.8 Å². The van der Waals surface area contributed by atoms with Crippen LogP contribution in [0.2, 0.25) is 0 Å². The molecule has 1 aromatic carbocycles. The second-order valence-electron chi connectivity index (χ2n) is 4.36. The lowest BCUT2D eigenvalue weighted by molar-refractivity contribution is -0.160. The number of hydrogen-bond donors (Lipinski definition) is 1. The van der Waals surface area contributed by atoms with Crippen LogP contribution < -0.4 is 10.1 Å². The average Bonchev–Trinajstić information content (AvgIpc) is 2.52. The Morgan fingerprint density at radius 2 is 1.75 bits per heavy atom. The van der Waals surface area contributed by atoms with Gasteiger partial charge in [-0.3, -0.25) is 4.79 Å². The molecule has 7 nitrogen and oxygen atoms in total. The lowest BCUT2D eigenvalue weighted by Crippen LogP contribution is -2.31. The largest absolute Gasteiger partial charge is 0.465 e. The number of amides is 1. The molecule has 1 aromatic rings. The molecule has 0 radical (unpaired) electrons. The molecule has 0 aliphatic rings. The third-order valence-electron chi connectivity index (χ3n) is 2.47. The minimum atomic E-state index is -4.62. The number of alkyl carbamates (subject to hydrolysis) is 1. The van der Waals surface area contributed by atoms with Crippen LogP contribution >= 0.6 is 0 Å². The number of alkyl halides is 3. The summed E-state index contributed by atoms with van der Waals surface area (Å²) in [5, 5.41) is 1.98. The molecule has 0 atom stereocenters. The van der Waals surface area contributed by atoms with Crippen molar-refractivity contribution >= 4 is 18.0 Å². The Kier molecular flexibility index (Phi) is 7.02. The number of carbonyl (C=O) groups excluding carboxylic acids is 3. The van der Waals surface area contributed by atoms with E-state index in [0.717, 1.165) is 0 Å². The summed E-state index contributed by atoms with van der Waals surface area (Å²) < 4.78 is 48.7. The number of ether oxygens (including phenoxy) is 3. The first-order valence-corrected chi connectivity index (χ1v) is 6.57. The number of nitrogens with one attached hydrogen (secondary N) is 1. The number of esters is 2. The third-order valence-corrected chi connectivity index (χ3v) is 2.47. The minimum Gasteiger partial charge on any atom is -0.465 e. The molecule has 0 heterocycles. The normalized spacial score (nSPS) is 10.7. The van der Waals surface area contributed by atoms with Crippen LogP contribution in [0, 0.1) is 0 Å². The molecule has 1 N–H and O–H groups in total. The first-order valence-electron chi connectivity index (χ1n) is 6.57. The van der Waals surface area contributed by atoms with Crippen molar-refractivity contribution in [2.45, 2.75) is 12.6 Å². The molecule has 1 rings (SSSR count). The van der Waals surface area contributed by atoms with Crippen LogP contribution in [0.15, 0.2) is 24.3 Å². The highest BCUT2D eigenvalue weighted by Crippen LogP contribution is 2.14. The van der Waals surface area contributed by atoms with Gasteiger partial charge in [-0.2, -0.15) is 13.2 Å². The van der Waals surface area contributed by atoms with Gasteiger partial charge in [0.25, 0.3) is 0 Å². The molecule has 0 fully saturated rings. The van der Waals surface area contributed by atoms with Crippen LogP contribution in [0.25, 0.3) is 0 Å². The van der Waals surface area contributed by atoms with Crippen LogP contribution in [0.3, 0.4) is 0 Å². The summed E-state index contributed by atoms with van der Waals surface area (Å²) in [4.78, 5) is 33.6. The minimum absolute atomic E-state index is 0.160. The third kappa shape index (κ3) is 7.47. The van der Waals surface area contributed by atoms with Crippen molar-refractivity contribution in [1.29, 1.82) is 0 Å². The lowest BCUT2D eigenvalue weighted by Gasteiger charge is -2.09. The van der Waals surface area contributed by atoms with E-state index in [1.165, 1.54) is 31.4 Å². The molecule has 0 unspecified atom stereocenters. The van der Waals surface area contributed by atoms with Crippen molar-refractivity contribution in [1.82, 2.24) is 5.32 Å². The Labute approximate surface area is 134 Å². The highest BCUT2D eigenvalue weighted by molar-refractivity contribution is 5.89. The topological polar surface area (TPSA) is 90.9 Å². The molecule has 132 valence electrons. The summed E-state index contributed by atoms with van der Waals surface area (Å²) >= 11 is 0. The molecule has 0 aromatic heterocycles. The fourth-order valence-electron chi connectivity index (χ4n) is 1.42. The molecular formula is C14H14F3NO6. The summed E-state index contributed by atoms with van der Waals surface area (Å²) in [6, 6.07) is 5.52. The first kappa shape index (κ1) is 19.3. The maximum atomic E-state index is 11.8. The van der Waals surface area contributed by atoms with E-state index in [-0.39, 0.29) is 24.3 Å². The standard InChI is InChI=1S/C14H14F3NO6/c1-22-12(20)9-2-4-10(5-3-9)24-11(19)6-7-18-13(21)23-8-14(15,16)17/h2-5H,6-8H2,1H3,(H,18,21). The van der Waals surface area contributed by atoms with Crippen LogP contribution in [-0.2, 0) is 14.3 Å². The Balaban J connectivity index is 2.31.